The van der Waals surface area contributed by atoms with Crippen molar-refractivity contribution in [2.45, 2.75) is 19.8 Å². The van der Waals surface area contributed by atoms with Gasteiger partial charge in [-0.3, -0.25) is 19.7 Å². The van der Waals surface area contributed by atoms with Gasteiger partial charge < -0.3 is 10.6 Å². The number of hydrogen-bond acceptors (Lipinski definition) is 4. The number of carbonyl (C=O) groups excluding carboxylic acids is 2. The zero-order valence-corrected chi connectivity index (χ0v) is 13.3. The molecule has 0 spiro atoms. The van der Waals surface area contributed by atoms with E-state index in [1.54, 1.807) is 17.9 Å². The average Bonchev–Trinajstić information content (AvgIpc) is 3.06. The summed E-state index contributed by atoms with van der Waals surface area (Å²) in [5.74, 6) is -1.22. The minimum atomic E-state index is -0.492. The van der Waals surface area contributed by atoms with Gasteiger partial charge in [-0.25, -0.2) is 4.39 Å². The van der Waals surface area contributed by atoms with Crippen LogP contribution >= 0.6 is 0 Å². The number of rotatable bonds is 3. The van der Waals surface area contributed by atoms with Crippen LogP contribution in [0.15, 0.2) is 18.3 Å². The Labute approximate surface area is 138 Å². The van der Waals surface area contributed by atoms with Crippen molar-refractivity contribution in [3.05, 3.63) is 35.5 Å². The third-order valence-electron chi connectivity index (χ3n) is 4.26. The van der Waals surface area contributed by atoms with Crippen LogP contribution in [0.2, 0.25) is 0 Å². The highest BCUT2D eigenvalue weighted by atomic mass is 19.1. The van der Waals surface area contributed by atoms with Crippen LogP contribution in [0.5, 0.6) is 0 Å². The summed E-state index contributed by atoms with van der Waals surface area (Å²) in [6.07, 6.45) is 2.25. The molecule has 24 heavy (non-hydrogen) atoms. The van der Waals surface area contributed by atoms with Crippen molar-refractivity contribution >= 4 is 11.8 Å². The van der Waals surface area contributed by atoms with Gasteiger partial charge in [0.1, 0.15) is 5.69 Å². The number of carbonyl (C=O) groups is 2. The molecule has 1 fully saturated rings. The Morgan fingerprint density at radius 2 is 2.04 bits per heavy atom. The van der Waals surface area contributed by atoms with Crippen molar-refractivity contribution in [1.82, 2.24) is 20.1 Å². The van der Waals surface area contributed by atoms with Crippen LogP contribution in [0.25, 0.3) is 11.3 Å². The summed E-state index contributed by atoms with van der Waals surface area (Å²) >= 11 is 0. The van der Waals surface area contributed by atoms with Crippen LogP contribution in [0, 0.1) is 18.7 Å². The second-order valence-electron chi connectivity index (χ2n) is 5.94. The number of likely N-dealkylation sites (tertiary alicyclic amines) is 1. The average molecular weight is 331 g/mol. The maximum atomic E-state index is 13.9. The number of nitrogens with two attached hydrogens (primary N) is 1. The van der Waals surface area contributed by atoms with E-state index < -0.39 is 5.82 Å². The summed E-state index contributed by atoms with van der Waals surface area (Å²) < 4.78 is 13.9. The molecule has 1 aliphatic heterocycles. The molecule has 3 N–H and O–H groups in total. The van der Waals surface area contributed by atoms with E-state index in [1.807, 2.05) is 0 Å². The number of pyridine rings is 1. The first-order valence-electron chi connectivity index (χ1n) is 7.72. The molecule has 7 nitrogen and oxygen atoms in total. The van der Waals surface area contributed by atoms with Crippen LogP contribution in [0.1, 0.15) is 29.0 Å². The first kappa shape index (κ1) is 16.1. The van der Waals surface area contributed by atoms with Crippen molar-refractivity contribution in [2.24, 2.45) is 11.7 Å². The van der Waals surface area contributed by atoms with E-state index in [4.69, 9.17) is 5.73 Å². The lowest BCUT2D eigenvalue weighted by molar-refractivity contribution is -0.123. The summed E-state index contributed by atoms with van der Waals surface area (Å²) in [6.45, 7) is 2.68. The molecule has 1 saturated heterocycles. The Bertz CT molecular complexity index is 781. The lowest BCUT2D eigenvalue weighted by atomic mass is 9.96. The van der Waals surface area contributed by atoms with Gasteiger partial charge in [-0.1, -0.05) is 0 Å². The third-order valence-corrected chi connectivity index (χ3v) is 4.26. The zero-order chi connectivity index (χ0) is 17.3. The normalized spacial score (nSPS) is 15.5. The molecule has 3 heterocycles. The second-order valence-corrected chi connectivity index (χ2v) is 5.94. The molecule has 0 aromatic carbocycles. The molecular formula is C16H18FN5O2. The molecule has 2 aromatic heterocycles. The molecule has 2 aromatic rings. The van der Waals surface area contributed by atoms with Gasteiger partial charge in [-0.15, -0.1) is 0 Å². The third kappa shape index (κ3) is 3.12. The standard InChI is InChI=1S/C16H18FN5O2/c1-9-6-11(12(17)8-19-9)13-7-14(21-20-13)16(24)22-4-2-10(3-5-22)15(18)23/h6-8,10H,2-5H2,1H3,(H2,18,23)(H,20,21). The molecule has 1 aliphatic rings. The van der Waals surface area contributed by atoms with Gasteiger partial charge in [-0.2, -0.15) is 5.10 Å². The van der Waals surface area contributed by atoms with E-state index in [1.165, 1.54) is 6.07 Å². The number of aryl methyl sites for hydroxylation is 1. The first-order chi connectivity index (χ1) is 11.5. The molecule has 8 heteroatoms. The maximum Gasteiger partial charge on any atom is 0.271 e. The Morgan fingerprint density at radius 1 is 1.33 bits per heavy atom. The fraction of sp³-hybridized carbons (Fsp3) is 0.375. The smallest absolute Gasteiger partial charge is 0.271 e. The summed E-state index contributed by atoms with van der Waals surface area (Å²) in [5, 5.41) is 6.70. The van der Waals surface area contributed by atoms with Gasteiger partial charge in [0.05, 0.1) is 11.9 Å². The van der Waals surface area contributed by atoms with Crippen molar-refractivity contribution in [3.8, 4) is 11.3 Å². The Kier molecular flexibility index (Phi) is 4.28. The van der Waals surface area contributed by atoms with E-state index in [9.17, 15) is 14.0 Å². The quantitative estimate of drug-likeness (QED) is 0.883. The number of aromatic amines is 1. The van der Waals surface area contributed by atoms with E-state index >= 15 is 0 Å². The van der Waals surface area contributed by atoms with E-state index in [2.05, 4.69) is 15.2 Å². The Hall–Kier alpha value is -2.77. The molecule has 0 bridgehead atoms. The Morgan fingerprint density at radius 3 is 2.71 bits per heavy atom. The second kappa shape index (κ2) is 6.38. The number of hydrogen-bond donors (Lipinski definition) is 2. The highest BCUT2D eigenvalue weighted by Crippen LogP contribution is 2.23. The molecule has 2 amide bonds. The Balaban J connectivity index is 1.75. The predicted molar refractivity (Wildman–Crippen MR) is 84.3 cm³/mol. The minimum absolute atomic E-state index is 0.180. The van der Waals surface area contributed by atoms with Gasteiger partial charge in [0, 0.05) is 30.3 Å². The van der Waals surface area contributed by atoms with Crippen LogP contribution in [-0.4, -0.2) is 45.0 Å². The SMILES string of the molecule is Cc1cc(-c2cc(C(=O)N3CCC(C(N)=O)CC3)[nH]n2)c(F)cn1. The van der Waals surface area contributed by atoms with Crippen molar-refractivity contribution < 1.29 is 14.0 Å². The highest BCUT2D eigenvalue weighted by Gasteiger charge is 2.27. The number of aromatic nitrogens is 3. The topological polar surface area (TPSA) is 105 Å². The van der Waals surface area contributed by atoms with Gasteiger partial charge in [0.2, 0.25) is 5.91 Å². The van der Waals surface area contributed by atoms with E-state index in [-0.39, 0.29) is 23.4 Å². The van der Waals surface area contributed by atoms with Crippen LogP contribution in [0.3, 0.4) is 0 Å². The highest BCUT2D eigenvalue weighted by molar-refractivity contribution is 5.93. The van der Waals surface area contributed by atoms with Gasteiger partial charge >= 0.3 is 0 Å². The lowest BCUT2D eigenvalue weighted by Crippen LogP contribution is -2.41. The summed E-state index contributed by atoms with van der Waals surface area (Å²) in [6, 6.07) is 3.11. The molecule has 0 aliphatic carbocycles. The van der Waals surface area contributed by atoms with Crippen molar-refractivity contribution in [3.63, 3.8) is 0 Å². The number of H-pyrrole nitrogens is 1. The summed E-state index contributed by atoms with van der Waals surface area (Å²) in [4.78, 5) is 29.2. The molecule has 126 valence electrons. The summed E-state index contributed by atoms with van der Waals surface area (Å²) in [7, 11) is 0. The molecular weight excluding hydrogens is 313 g/mol. The molecule has 0 unspecified atom stereocenters. The number of piperidine rings is 1. The zero-order valence-electron chi connectivity index (χ0n) is 13.3. The van der Waals surface area contributed by atoms with Crippen molar-refractivity contribution in [1.29, 1.82) is 0 Å². The molecule has 0 radical (unpaired) electrons. The largest absolute Gasteiger partial charge is 0.369 e. The molecule has 3 rings (SSSR count). The lowest BCUT2D eigenvalue weighted by Gasteiger charge is -2.30. The fourth-order valence-corrected chi connectivity index (χ4v) is 2.85. The first-order valence-corrected chi connectivity index (χ1v) is 7.72. The predicted octanol–water partition coefficient (Wildman–Crippen LogP) is 1.26. The van der Waals surface area contributed by atoms with Crippen LogP contribution in [0.4, 0.5) is 4.39 Å². The summed E-state index contributed by atoms with van der Waals surface area (Å²) in [5.41, 5.74) is 6.90. The monoisotopic (exact) mass is 331 g/mol. The van der Waals surface area contributed by atoms with Gasteiger partial charge in [0.15, 0.2) is 5.82 Å². The molecule has 0 atom stereocenters. The fourth-order valence-electron chi connectivity index (χ4n) is 2.85. The van der Waals surface area contributed by atoms with Gasteiger partial charge in [-0.05, 0) is 31.9 Å². The molecule has 0 saturated carbocycles. The van der Waals surface area contributed by atoms with Crippen LogP contribution < -0.4 is 5.73 Å². The minimum Gasteiger partial charge on any atom is -0.369 e. The number of nitrogens with one attached hydrogen (secondary N) is 1. The van der Waals surface area contributed by atoms with E-state index in [0.717, 1.165) is 6.20 Å². The number of primary amides is 1. The number of halogens is 1. The van der Waals surface area contributed by atoms with Crippen molar-refractivity contribution in [2.75, 3.05) is 13.1 Å². The number of amides is 2. The van der Waals surface area contributed by atoms with E-state index in [0.29, 0.717) is 42.9 Å². The van der Waals surface area contributed by atoms with Gasteiger partial charge in [0.25, 0.3) is 5.91 Å². The van der Waals surface area contributed by atoms with Crippen LogP contribution in [-0.2, 0) is 4.79 Å². The maximum absolute atomic E-state index is 13.9. The number of nitrogens with zero attached hydrogens (tertiary/aromatic N) is 3.